The highest BCUT2D eigenvalue weighted by atomic mass is 32.1. The average molecular weight is 254 g/mol. The van der Waals surface area contributed by atoms with E-state index in [9.17, 15) is 5.11 Å². The molecule has 1 N–H and O–H groups in total. The van der Waals surface area contributed by atoms with Crippen molar-refractivity contribution < 1.29 is 5.11 Å². The van der Waals surface area contributed by atoms with Gasteiger partial charge >= 0.3 is 0 Å². The minimum atomic E-state index is -0.0507. The SMILES string of the molecule is Oc1nc(S)ncc1-c1ccc2ccccc2c1. The molecule has 0 saturated carbocycles. The van der Waals surface area contributed by atoms with Gasteiger partial charge in [-0.1, -0.05) is 36.4 Å². The molecule has 0 unspecified atom stereocenters. The van der Waals surface area contributed by atoms with E-state index in [0.717, 1.165) is 16.3 Å². The molecule has 18 heavy (non-hydrogen) atoms. The molecular formula is C14H10N2OS. The largest absolute Gasteiger partial charge is 0.493 e. The number of fused-ring (bicyclic) bond motifs is 1. The maximum atomic E-state index is 9.82. The Balaban J connectivity index is 2.19. The maximum absolute atomic E-state index is 9.82. The highest BCUT2D eigenvalue weighted by Crippen LogP contribution is 2.29. The van der Waals surface area contributed by atoms with E-state index in [1.807, 2.05) is 42.5 Å². The lowest BCUT2D eigenvalue weighted by Crippen LogP contribution is -1.87. The van der Waals surface area contributed by atoms with Crippen molar-refractivity contribution in [2.24, 2.45) is 0 Å². The summed E-state index contributed by atoms with van der Waals surface area (Å²) < 4.78 is 0. The summed E-state index contributed by atoms with van der Waals surface area (Å²) in [4.78, 5) is 7.83. The number of nitrogens with zero attached hydrogens (tertiary/aromatic N) is 2. The summed E-state index contributed by atoms with van der Waals surface area (Å²) in [5, 5.41) is 12.4. The molecule has 0 aliphatic heterocycles. The predicted octanol–water partition coefficient (Wildman–Crippen LogP) is 3.29. The summed E-state index contributed by atoms with van der Waals surface area (Å²) in [5.74, 6) is -0.0507. The number of rotatable bonds is 1. The summed E-state index contributed by atoms with van der Waals surface area (Å²) in [6, 6.07) is 14.0. The van der Waals surface area contributed by atoms with Gasteiger partial charge in [-0.05, 0) is 22.4 Å². The Morgan fingerprint density at radius 2 is 1.78 bits per heavy atom. The van der Waals surface area contributed by atoms with Crippen molar-refractivity contribution in [3.8, 4) is 17.0 Å². The third kappa shape index (κ3) is 1.91. The molecule has 3 nitrogen and oxygen atoms in total. The Labute approximate surface area is 110 Å². The van der Waals surface area contributed by atoms with Crippen LogP contribution in [0.2, 0.25) is 0 Å². The summed E-state index contributed by atoms with van der Waals surface area (Å²) in [5.41, 5.74) is 1.50. The van der Waals surface area contributed by atoms with Gasteiger partial charge in [0.25, 0.3) is 0 Å². The van der Waals surface area contributed by atoms with Gasteiger partial charge in [-0.3, -0.25) is 0 Å². The van der Waals surface area contributed by atoms with Crippen molar-refractivity contribution in [2.75, 3.05) is 0 Å². The Kier molecular flexibility index (Phi) is 2.64. The first-order valence-corrected chi connectivity index (χ1v) is 5.93. The number of aromatic hydroxyl groups is 1. The summed E-state index contributed by atoms with van der Waals surface area (Å²) in [7, 11) is 0. The molecule has 2 aromatic carbocycles. The van der Waals surface area contributed by atoms with Crippen LogP contribution in [0.25, 0.3) is 21.9 Å². The fraction of sp³-hybridized carbons (Fsp3) is 0. The Hall–Kier alpha value is -2.07. The van der Waals surface area contributed by atoms with Crippen molar-refractivity contribution in [2.45, 2.75) is 5.16 Å². The smallest absolute Gasteiger partial charge is 0.222 e. The van der Waals surface area contributed by atoms with Crippen LogP contribution in [0.15, 0.2) is 53.8 Å². The van der Waals surface area contributed by atoms with E-state index in [1.54, 1.807) is 6.20 Å². The van der Waals surface area contributed by atoms with Crippen LogP contribution in [0.1, 0.15) is 0 Å². The van der Waals surface area contributed by atoms with Crippen LogP contribution in [-0.2, 0) is 0 Å². The minimum Gasteiger partial charge on any atom is -0.493 e. The van der Waals surface area contributed by atoms with E-state index < -0.39 is 0 Å². The fourth-order valence-electron chi connectivity index (χ4n) is 1.92. The van der Waals surface area contributed by atoms with Gasteiger partial charge in [0.1, 0.15) is 0 Å². The second-order valence-corrected chi connectivity index (χ2v) is 4.37. The van der Waals surface area contributed by atoms with Gasteiger partial charge in [0, 0.05) is 6.20 Å². The Bertz CT molecular complexity index is 728. The van der Waals surface area contributed by atoms with Crippen LogP contribution < -0.4 is 0 Å². The zero-order chi connectivity index (χ0) is 12.5. The van der Waals surface area contributed by atoms with Gasteiger partial charge < -0.3 is 5.11 Å². The van der Waals surface area contributed by atoms with Crippen LogP contribution in [-0.4, -0.2) is 15.1 Å². The van der Waals surface area contributed by atoms with Crippen LogP contribution >= 0.6 is 12.6 Å². The highest BCUT2D eigenvalue weighted by Gasteiger charge is 2.07. The van der Waals surface area contributed by atoms with E-state index in [1.165, 1.54) is 0 Å². The van der Waals surface area contributed by atoms with E-state index in [-0.39, 0.29) is 11.0 Å². The first kappa shape index (κ1) is 11.0. The zero-order valence-corrected chi connectivity index (χ0v) is 10.3. The molecule has 0 aliphatic carbocycles. The normalized spacial score (nSPS) is 10.7. The van der Waals surface area contributed by atoms with Gasteiger partial charge in [0.2, 0.25) is 5.88 Å². The molecule has 3 rings (SSSR count). The lowest BCUT2D eigenvalue weighted by molar-refractivity contribution is 0.448. The number of benzene rings is 2. The molecular weight excluding hydrogens is 244 g/mol. The van der Waals surface area contributed by atoms with E-state index in [4.69, 9.17) is 0 Å². The van der Waals surface area contributed by atoms with Gasteiger partial charge in [-0.25, -0.2) is 4.98 Å². The predicted molar refractivity (Wildman–Crippen MR) is 73.9 cm³/mol. The number of hydrogen-bond acceptors (Lipinski definition) is 4. The van der Waals surface area contributed by atoms with E-state index in [0.29, 0.717) is 5.56 Å². The quantitative estimate of drug-likeness (QED) is 0.517. The minimum absolute atomic E-state index is 0.0507. The molecule has 0 bridgehead atoms. The van der Waals surface area contributed by atoms with Crippen LogP contribution in [0.5, 0.6) is 5.88 Å². The molecule has 0 saturated heterocycles. The van der Waals surface area contributed by atoms with Gasteiger partial charge in [0.05, 0.1) is 5.56 Å². The lowest BCUT2D eigenvalue weighted by atomic mass is 10.0. The molecule has 1 aromatic heterocycles. The summed E-state index contributed by atoms with van der Waals surface area (Å²) in [6.07, 6.45) is 1.58. The van der Waals surface area contributed by atoms with Crippen LogP contribution in [0.3, 0.4) is 0 Å². The molecule has 88 valence electrons. The molecule has 0 aliphatic rings. The topological polar surface area (TPSA) is 46.0 Å². The molecule has 0 amide bonds. The van der Waals surface area contributed by atoms with Gasteiger partial charge in [-0.15, -0.1) is 12.6 Å². The van der Waals surface area contributed by atoms with E-state index >= 15 is 0 Å². The second-order valence-electron chi connectivity index (χ2n) is 3.97. The first-order chi connectivity index (χ1) is 8.74. The molecule has 4 heteroatoms. The third-order valence-electron chi connectivity index (χ3n) is 2.82. The Morgan fingerprint density at radius 1 is 1.00 bits per heavy atom. The van der Waals surface area contributed by atoms with Crippen molar-refractivity contribution in [3.63, 3.8) is 0 Å². The van der Waals surface area contributed by atoms with Crippen molar-refractivity contribution in [3.05, 3.63) is 48.7 Å². The maximum Gasteiger partial charge on any atom is 0.222 e. The number of aromatic nitrogens is 2. The third-order valence-corrected chi connectivity index (χ3v) is 3.03. The standard InChI is InChI=1S/C14H10N2OS/c17-13-12(8-15-14(18)16-13)11-6-5-9-3-1-2-4-10(9)7-11/h1-8H,(H2,15,16,17,18). The van der Waals surface area contributed by atoms with E-state index in [2.05, 4.69) is 22.6 Å². The second kappa shape index (κ2) is 4.31. The molecule has 0 spiro atoms. The lowest BCUT2D eigenvalue weighted by Gasteiger charge is -2.05. The average Bonchev–Trinajstić information content (AvgIpc) is 2.38. The van der Waals surface area contributed by atoms with Crippen molar-refractivity contribution in [1.82, 2.24) is 9.97 Å². The Morgan fingerprint density at radius 3 is 2.56 bits per heavy atom. The molecule has 0 atom stereocenters. The zero-order valence-electron chi connectivity index (χ0n) is 9.41. The molecule has 3 aromatic rings. The van der Waals surface area contributed by atoms with Crippen molar-refractivity contribution in [1.29, 1.82) is 0 Å². The summed E-state index contributed by atoms with van der Waals surface area (Å²) >= 11 is 3.99. The summed E-state index contributed by atoms with van der Waals surface area (Å²) in [6.45, 7) is 0. The number of thiol groups is 1. The fourth-order valence-corrected chi connectivity index (χ4v) is 2.08. The first-order valence-electron chi connectivity index (χ1n) is 5.48. The molecule has 1 heterocycles. The highest BCUT2D eigenvalue weighted by molar-refractivity contribution is 7.80. The van der Waals surface area contributed by atoms with Crippen LogP contribution in [0.4, 0.5) is 0 Å². The number of hydrogen-bond donors (Lipinski definition) is 2. The van der Waals surface area contributed by atoms with Gasteiger partial charge in [0.15, 0.2) is 5.16 Å². The monoisotopic (exact) mass is 254 g/mol. The van der Waals surface area contributed by atoms with Gasteiger partial charge in [-0.2, -0.15) is 4.98 Å². The van der Waals surface area contributed by atoms with Crippen molar-refractivity contribution >= 4 is 23.4 Å². The molecule has 0 fully saturated rings. The molecule has 0 radical (unpaired) electrons. The van der Waals surface area contributed by atoms with Crippen LogP contribution in [0, 0.1) is 0 Å².